The van der Waals surface area contributed by atoms with Crippen LogP contribution in [0.25, 0.3) is 0 Å². The lowest BCUT2D eigenvalue weighted by molar-refractivity contribution is -0.170. The number of nitrogens with zero attached hydrogens (tertiary/aromatic N) is 2. The van der Waals surface area contributed by atoms with E-state index in [9.17, 15) is 4.79 Å². The molecule has 3 N–H and O–H groups in total. The molecule has 1 aromatic rings. The summed E-state index contributed by atoms with van der Waals surface area (Å²) in [6.07, 6.45) is 2.62. The van der Waals surface area contributed by atoms with Crippen molar-refractivity contribution in [3.8, 4) is 0 Å². The van der Waals surface area contributed by atoms with Gasteiger partial charge < -0.3 is 15.8 Å². The summed E-state index contributed by atoms with van der Waals surface area (Å²) in [4.78, 5) is 12.8. The van der Waals surface area contributed by atoms with E-state index in [1.54, 1.807) is 16.9 Å². The minimum absolute atomic E-state index is 0.0864. The Kier molecular flexibility index (Phi) is 3.15. The highest BCUT2D eigenvalue weighted by Crippen LogP contribution is 2.58. The van der Waals surface area contributed by atoms with Crippen LogP contribution in [0.5, 0.6) is 0 Å². The smallest absolute Gasteiger partial charge is 0.246 e. The molecule has 0 spiro atoms. The fourth-order valence-corrected chi connectivity index (χ4v) is 3.89. The minimum atomic E-state index is -0.889. The van der Waals surface area contributed by atoms with E-state index in [0.717, 1.165) is 6.42 Å². The third kappa shape index (κ3) is 1.78. The molecule has 0 radical (unpaired) electrons. The highest BCUT2D eigenvalue weighted by Gasteiger charge is 2.71. The molecule has 6 nitrogen and oxygen atoms in total. The number of carbonyl (C=O) groups is 1. The van der Waals surface area contributed by atoms with Crippen molar-refractivity contribution in [2.45, 2.75) is 51.8 Å². The second-order valence-corrected chi connectivity index (χ2v) is 6.99. The number of nitrogens with one attached hydrogen (secondary N) is 1. The van der Waals surface area contributed by atoms with Gasteiger partial charge in [0.1, 0.15) is 11.4 Å². The second-order valence-electron chi connectivity index (χ2n) is 6.99. The average Bonchev–Trinajstić information content (AvgIpc) is 3.05. The molecule has 1 amide bonds. The molecule has 0 aromatic carbocycles. The maximum Gasteiger partial charge on any atom is 0.246 e. The largest absolute Gasteiger partial charge is 0.377 e. The van der Waals surface area contributed by atoms with Crippen LogP contribution in [-0.4, -0.2) is 33.9 Å². The zero-order valence-electron chi connectivity index (χ0n) is 13.1. The van der Waals surface area contributed by atoms with Crippen LogP contribution in [-0.2, 0) is 9.53 Å². The minimum Gasteiger partial charge on any atom is -0.377 e. The summed E-state index contributed by atoms with van der Waals surface area (Å²) in [7, 11) is 0. The molecule has 2 aliphatic rings. The lowest BCUT2D eigenvalue weighted by Crippen LogP contribution is -2.79. The van der Waals surface area contributed by atoms with Gasteiger partial charge in [0.05, 0.1) is 12.3 Å². The number of nitrogens with two attached hydrogens (primary N) is 1. The van der Waals surface area contributed by atoms with Crippen molar-refractivity contribution in [3.05, 3.63) is 12.3 Å². The second kappa shape index (κ2) is 4.55. The highest BCUT2D eigenvalue weighted by molar-refractivity contribution is 5.99. The Balaban J connectivity index is 1.84. The maximum atomic E-state index is 12.8. The zero-order valence-corrected chi connectivity index (χ0v) is 13.1. The first-order valence-corrected chi connectivity index (χ1v) is 7.55. The van der Waals surface area contributed by atoms with Crippen LogP contribution in [0.2, 0.25) is 0 Å². The summed E-state index contributed by atoms with van der Waals surface area (Å²) < 4.78 is 7.52. The van der Waals surface area contributed by atoms with Crippen molar-refractivity contribution in [2.24, 2.45) is 17.1 Å². The topological polar surface area (TPSA) is 82.2 Å². The summed E-state index contributed by atoms with van der Waals surface area (Å²) >= 11 is 0. The van der Waals surface area contributed by atoms with Crippen LogP contribution in [0.1, 0.15) is 40.2 Å². The zero-order chi connectivity index (χ0) is 15.4. The number of hydrogen-bond acceptors (Lipinski definition) is 4. The molecule has 2 heterocycles. The van der Waals surface area contributed by atoms with Crippen LogP contribution in [0.4, 0.5) is 5.82 Å². The fourth-order valence-electron chi connectivity index (χ4n) is 3.89. The standard InChI is InChI=1S/C15H24N4O2/c1-9(2)19-11(5-7-17-19)18-13(20)15(16)10-6-8-21-12(10)14(15,3)4/h5,7,9-10,12H,6,8,16H2,1-4H3,(H,18,20). The average molecular weight is 292 g/mol. The molecule has 0 bridgehead atoms. The Morgan fingerprint density at radius 1 is 1.57 bits per heavy atom. The van der Waals surface area contributed by atoms with Gasteiger partial charge >= 0.3 is 0 Å². The Morgan fingerprint density at radius 3 is 2.95 bits per heavy atom. The maximum absolute atomic E-state index is 12.8. The molecule has 2 fully saturated rings. The van der Waals surface area contributed by atoms with Gasteiger partial charge in [-0.2, -0.15) is 5.10 Å². The van der Waals surface area contributed by atoms with E-state index in [1.165, 1.54) is 0 Å². The lowest BCUT2D eigenvalue weighted by Gasteiger charge is -2.60. The SMILES string of the molecule is CC(C)n1nccc1NC(=O)C1(N)C2CCOC2C1(C)C. The molecule has 116 valence electrons. The molecule has 1 aromatic heterocycles. The quantitative estimate of drug-likeness (QED) is 0.885. The van der Waals surface area contributed by atoms with Crippen molar-refractivity contribution >= 4 is 11.7 Å². The van der Waals surface area contributed by atoms with Crippen molar-refractivity contribution in [1.29, 1.82) is 0 Å². The first-order chi connectivity index (χ1) is 9.80. The lowest BCUT2D eigenvalue weighted by atomic mass is 9.48. The van der Waals surface area contributed by atoms with Crippen molar-refractivity contribution in [1.82, 2.24) is 9.78 Å². The highest BCUT2D eigenvalue weighted by atomic mass is 16.5. The van der Waals surface area contributed by atoms with E-state index in [4.69, 9.17) is 10.5 Å². The van der Waals surface area contributed by atoms with Gasteiger partial charge in [-0.1, -0.05) is 13.8 Å². The third-order valence-electron chi connectivity index (χ3n) is 5.23. The van der Waals surface area contributed by atoms with E-state index in [1.807, 2.05) is 27.7 Å². The first kappa shape index (κ1) is 14.5. The van der Waals surface area contributed by atoms with Gasteiger partial charge in [0.2, 0.25) is 5.91 Å². The number of rotatable bonds is 3. The number of amides is 1. The molecule has 3 atom stereocenters. The normalized spacial score (nSPS) is 33.6. The monoisotopic (exact) mass is 292 g/mol. The van der Waals surface area contributed by atoms with Gasteiger partial charge in [-0.05, 0) is 20.3 Å². The van der Waals surface area contributed by atoms with Crippen LogP contribution in [0, 0.1) is 11.3 Å². The molecule has 1 saturated heterocycles. The van der Waals surface area contributed by atoms with Crippen LogP contribution < -0.4 is 11.1 Å². The Morgan fingerprint density at radius 2 is 2.29 bits per heavy atom. The van der Waals surface area contributed by atoms with Crippen LogP contribution >= 0.6 is 0 Å². The number of anilines is 1. The molecule has 1 aliphatic carbocycles. The van der Waals surface area contributed by atoms with E-state index >= 15 is 0 Å². The number of carbonyl (C=O) groups excluding carboxylic acids is 1. The summed E-state index contributed by atoms with van der Waals surface area (Å²) in [5.74, 6) is 0.655. The van der Waals surface area contributed by atoms with Crippen LogP contribution in [0.15, 0.2) is 12.3 Å². The Bertz CT molecular complexity index is 566. The number of fused-ring (bicyclic) bond motifs is 1. The predicted molar refractivity (Wildman–Crippen MR) is 79.8 cm³/mol. The van der Waals surface area contributed by atoms with Gasteiger partial charge in [-0.25, -0.2) is 4.68 Å². The summed E-state index contributed by atoms with van der Waals surface area (Å²) in [5.41, 5.74) is 5.28. The van der Waals surface area contributed by atoms with E-state index in [2.05, 4.69) is 10.4 Å². The Hall–Kier alpha value is -1.40. The van der Waals surface area contributed by atoms with Crippen molar-refractivity contribution in [3.63, 3.8) is 0 Å². The van der Waals surface area contributed by atoms with Gasteiger partial charge in [-0.3, -0.25) is 4.79 Å². The molecule has 3 rings (SSSR count). The summed E-state index contributed by atoms with van der Waals surface area (Å²) in [6.45, 7) is 8.76. The molecule has 1 aliphatic heterocycles. The fraction of sp³-hybridized carbons (Fsp3) is 0.733. The van der Waals surface area contributed by atoms with Gasteiger partial charge in [0, 0.05) is 30.0 Å². The van der Waals surface area contributed by atoms with Gasteiger partial charge in [0.25, 0.3) is 0 Å². The molecule has 3 unspecified atom stereocenters. The number of aromatic nitrogens is 2. The first-order valence-electron chi connectivity index (χ1n) is 7.55. The van der Waals surface area contributed by atoms with Gasteiger partial charge in [-0.15, -0.1) is 0 Å². The van der Waals surface area contributed by atoms with Gasteiger partial charge in [0.15, 0.2) is 0 Å². The van der Waals surface area contributed by atoms with E-state index < -0.39 is 5.54 Å². The van der Waals surface area contributed by atoms with E-state index in [0.29, 0.717) is 12.4 Å². The molecular weight excluding hydrogens is 268 g/mol. The molecule has 1 saturated carbocycles. The predicted octanol–water partition coefficient (Wildman–Crippen LogP) is 1.54. The molecule has 6 heteroatoms. The van der Waals surface area contributed by atoms with E-state index in [-0.39, 0.29) is 29.4 Å². The van der Waals surface area contributed by atoms with Crippen LogP contribution in [0.3, 0.4) is 0 Å². The van der Waals surface area contributed by atoms with Crippen molar-refractivity contribution in [2.75, 3.05) is 11.9 Å². The summed E-state index contributed by atoms with van der Waals surface area (Å²) in [6, 6.07) is 1.98. The van der Waals surface area contributed by atoms with Crippen molar-refractivity contribution < 1.29 is 9.53 Å². The number of hydrogen-bond donors (Lipinski definition) is 2. The summed E-state index contributed by atoms with van der Waals surface area (Å²) in [5, 5.41) is 7.20. The number of ether oxygens (including phenoxy) is 1. The molecule has 21 heavy (non-hydrogen) atoms. The third-order valence-corrected chi connectivity index (χ3v) is 5.23. The molecular formula is C15H24N4O2. The Labute approximate surface area is 125 Å².